The highest BCUT2D eigenvalue weighted by Gasteiger charge is 2.13. The van der Waals surface area contributed by atoms with E-state index in [1.165, 1.54) is 0 Å². The Morgan fingerprint density at radius 1 is 0.944 bits per heavy atom. The van der Waals surface area contributed by atoms with E-state index in [2.05, 4.69) is 0 Å². The summed E-state index contributed by atoms with van der Waals surface area (Å²) in [4.78, 5) is 11.2. The number of carbonyl (C=O) groups is 1. The maximum Gasteiger partial charge on any atom is 0.336 e. The summed E-state index contributed by atoms with van der Waals surface area (Å²) >= 11 is 0. The standard InChI is InChI=1S/C16H14O2/c1-2-13(12-8-4-3-5-9-12)14-10-6-7-11-15(14)16(17)18/h2-11H,1H3,(H,17,18)/b13-2-. The Labute approximate surface area is 106 Å². The van der Waals surface area contributed by atoms with Crippen molar-refractivity contribution in [2.75, 3.05) is 0 Å². The molecule has 2 heteroatoms. The summed E-state index contributed by atoms with van der Waals surface area (Å²) in [6, 6.07) is 16.9. The van der Waals surface area contributed by atoms with Crippen LogP contribution < -0.4 is 0 Å². The van der Waals surface area contributed by atoms with Crippen molar-refractivity contribution in [2.24, 2.45) is 0 Å². The molecule has 2 aromatic rings. The fraction of sp³-hybridized carbons (Fsp3) is 0.0625. The fourth-order valence-electron chi connectivity index (χ4n) is 2.00. The minimum Gasteiger partial charge on any atom is -0.478 e. The van der Waals surface area contributed by atoms with Crippen molar-refractivity contribution in [1.82, 2.24) is 0 Å². The predicted molar refractivity (Wildman–Crippen MR) is 72.6 cm³/mol. The topological polar surface area (TPSA) is 37.3 Å². The molecule has 0 saturated carbocycles. The monoisotopic (exact) mass is 238 g/mol. The van der Waals surface area contributed by atoms with E-state index < -0.39 is 5.97 Å². The van der Waals surface area contributed by atoms with Crippen LogP contribution in [0.1, 0.15) is 28.4 Å². The lowest BCUT2D eigenvalue weighted by molar-refractivity contribution is 0.0696. The molecule has 0 unspecified atom stereocenters. The van der Waals surface area contributed by atoms with Gasteiger partial charge in [0.25, 0.3) is 0 Å². The van der Waals surface area contributed by atoms with Crippen molar-refractivity contribution in [1.29, 1.82) is 0 Å². The number of rotatable bonds is 3. The van der Waals surface area contributed by atoms with E-state index in [0.29, 0.717) is 5.56 Å². The lowest BCUT2D eigenvalue weighted by Crippen LogP contribution is -2.02. The smallest absolute Gasteiger partial charge is 0.336 e. The lowest BCUT2D eigenvalue weighted by Gasteiger charge is -2.10. The highest BCUT2D eigenvalue weighted by molar-refractivity contribution is 5.96. The average Bonchev–Trinajstić information content (AvgIpc) is 2.41. The molecule has 1 N–H and O–H groups in total. The fourth-order valence-corrected chi connectivity index (χ4v) is 2.00. The van der Waals surface area contributed by atoms with E-state index in [1.54, 1.807) is 12.1 Å². The zero-order chi connectivity index (χ0) is 13.0. The van der Waals surface area contributed by atoms with Crippen molar-refractivity contribution < 1.29 is 9.90 Å². The van der Waals surface area contributed by atoms with E-state index in [9.17, 15) is 9.90 Å². The molecule has 0 aliphatic heterocycles. The molecule has 0 aromatic heterocycles. The van der Waals surface area contributed by atoms with Gasteiger partial charge in [-0.25, -0.2) is 4.79 Å². The summed E-state index contributed by atoms with van der Waals surface area (Å²) < 4.78 is 0. The predicted octanol–water partition coefficient (Wildman–Crippen LogP) is 3.84. The first kappa shape index (κ1) is 12.1. The van der Waals surface area contributed by atoms with Crippen LogP contribution in [0.25, 0.3) is 5.57 Å². The van der Waals surface area contributed by atoms with E-state index in [1.807, 2.05) is 55.5 Å². The van der Waals surface area contributed by atoms with Gasteiger partial charge in [-0.05, 0) is 29.7 Å². The molecule has 0 bridgehead atoms. The average molecular weight is 238 g/mol. The minimum atomic E-state index is -0.902. The van der Waals surface area contributed by atoms with Crippen LogP contribution in [0.5, 0.6) is 0 Å². The molecule has 2 nitrogen and oxygen atoms in total. The molecule has 0 radical (unpaired) electrons. The second-order valence-electron chi connectivity index (χ2n) is 3.92. The number of allylic oxidation sites excluding steroid dienone is 1. The Morgan fingerprint density at radius 3 is 2.06 bits per heavy atom. The molecule has 0 saturated heterocycles. The summed E-state index contributed by atoms with van der Waals surface area (Å²) in [5.74, 6) is -0.902. The zero-order valence-electron chi connectivity index (χ0n) is 10.1. The molecule has 0 atom stereocenters. The van der Waals surface area contributed by atoms with Crippen molar-refractivity contribution in [2.45, 2.75) is 6.92 Å². The molecule has 0 heterocycles. The first-order valence-corrected chi connectivity index (χ1v) is 5.78. The lowest BCUT2D eigenvalue weighted by atomic mass is 9.94. The van der Waals surface area contributed by atoms with Gasteiger partial charge in [0.15, 0.2) is 0 Å². The molecular weight excluding hydrogens is 224 g/mol. The molecule has 0 aliphatic carbocycles. The number of aromatic carboxylic acids is 1. The second-order valence-corrected chi connectivity index (χ2v) is 3.92. The van der Waals surface area contributed by atoms with Crippen LogP contribution in [-0.4, -0.2) is 11.1 Å². The van der Waals surface area contributed by atoms with Gasteiger partial charge in [0.2, 0.25) is 0 Å². The maximum atomic E-state index is 11.2. The number of carboxylic acids is 1. The van der Waals surface area contributed by atoms with E-state index in [4.69, 9.17) is 0 Å². The highest BCUT2D eigenvalue weighted by Crippen LogP contribution is 2.26. The molecular formula is C16H14O2. The van der Waals surface area contributed by atoms with Gasteiger partial charge in [0.05, 0.1) is 5.56 Å². The van der Waals surface area contributed by atoms with Crippen LogP contribution in [0.3, 0.4) is 0 Å². The van der Waals surface area contributed by atoms with Crippen molar-refractivity contribution in [3.8, 4) is 0 Å². The van der Waals surface area contributed by atoms with Crippen LogP contribution in [0.15, 0.2) is 60.7 Å². The first-order chi connectivity index (χ1) is 8.74. The largest absolute Gasteiger partial charge is 0.478 e. The molecule has 2 rings (SSSR count). The molecule has 2 aromatic carbocycles. The maximum absolute atomic E-state index is 11.2. The summed E-state index contributed by atoms with van der Waals surface area (Å²) in [5.41, 5.74) is 3.04. The summed E-state index contributed by atoms with van der Waals surface area (Å²) in [5, 5.41) is 9.23. The van der Waals surface area contributed by atoms with E-state index in [0.717, 1.165) is 16.7 Å². The Morgan fingerprint density at radius 2 is 1.50 bits per heavy atom. The molecule has 0 amide bonds. The Kier molecular flexibility index (Phi) is 3.58. The number of carboxylic acid groups (broad SMARTS) is 1. The minimum absolute atomic E-state index is 0.328. The van der Waals surface area contributed by atoms with Gasteiger partial charge < -0.3 is 5.11 Å². The first-order valence-electron chi connectivity index (χ1n) is 5.78. The van der Waals surface area contributed by atoms with Gasteiger partial charge in [-0.15, -0.1) is 0 Å². The van der Waals surface area contributed by atoms with Crippen LogP contribution >= 0.6 is 0 Å². The van der Waals surface area contributed by atoms with Gasteiger partial charge in [0, 0.05) is 0 Å². The van der Waals surface area contributed by atoms with Crippen LogP contribution in [0.2, 0.25) is 0 Å². The highest BCUT2D eigenvalue weighted by atomic mass is 16.4. The molecule has 0 aliphatic rings. The third-order valence-corrected chi connectivity index (χ3v) is 2.82. The quantitative estimate of drug-likeness (QED) is 0.882. The van der Waals surface area contributed by atoms with Crippen molar-refractivity contribution >= 4 is 11.5 Å². The molecule has 0 fully saturated rings. The van der Waals surface area contributed by atoms with Crippen LogP contribution in [0.4, 0.5) is 0 Å². The van der Waals surface area contributed by atoms with Gasteiger partial charge in [-0.1, -0.05) is 54.6 Å². The van der Waals surface area contributed by atoms with Gasteiger partial charge in [-0.2, -0.15) is 0 Å². The second kappa shape index (κ2) is 5.32. The zero-order valence-corrected chi connectivity index (χ0v) is 10.1. The molecule has 90 valence electrons. The molecule has 0 spiro atoms. The number of benzene rings is 2. The normalized spacial score (nSPS) is 11.3. The third-order valence-electron chi connectivity index (χ3n) is 2.82. The van der Waals surface area contributed by atoms with Crippen LogP contribution in [-0.2, 0) is 0 Å². The molecule has 18 heavy (non-hydrogen) atoms. The Bertz CT molecular complexity index is 583. The van der Waals surface area contributed by atoms with Crippen molar-refractivity contribution in [3.05, 3.63) is 77.4 Å². The van der Waals surface area contributed by atoms with E-state index >= 15 is 0 Å². The summed E-state index contributed by atoms with van der Waals surface area (Å²) in [6.07, 6.45) is 1.94. The summed E-state index contributed by atoms with van der Waals surface area (Å²) in [6.45, 7) is 1.92. The van der Waals surface area contributed by atoms with E-state index in [-0.39, 0.29) is 0 Å². The van der Waals surface area contributed by atoms with Gasteiger partial charge in [-0.3, -0.25) is 0 Å². The Hall–Kier alpha value is -2.35. The summed E-state index contributed by atoms with van der Waals surface area (Å²) in [7, 11) is 0. The van der Waals surface area contributed by atoms with Gasteiger partial charge in [0.1, 0.15) is 0 Å². The van der Waals surface area contributed by atoms with Gasteiger partial charge >= 0.3 is 5.97 Å². The SMILES string of the molecule is C/C=C(/c1ccccc1)c1ccccc1C(=O)O. The van der Waals surface area contributed by atoms with Crippen LogP contribution in [0, 0.1) is 0 Å². The third kappa shape index (κ3) is 2.33. The Balaban J connectivity index is 2.57. The number of hydrogen-bond acceptors (Lipinski definition) is 1. The van der Waals surface area contributed by atoms with Crippen molar-refractivity contribution in [3.63, 3.8) is 0 Å². The number of hydrogen-bond donors (Lipinski definition) is 1.